The molecule has 62 heavy (non-hydrogen) atoms. The largest absolute Gasteiger partial charge is 0.462 e. The summed E-state index contributed by atoms with van der Waals surface area (Å²) in [4.78, 5) is 25.6. The Morgan fingerprint density at radius 1 is 0.532 bits per heavy atom. The number of unbranched alkanes of at least 4 members (excludes halogenated alkanes) is 9. The molecule has 0 aromatic rings. The van der Waals surface area contributed by atoms with Gasteiger partial charge in [-0.3, -0.25) is 9.59 Å². The van der Waals surface area contributed by atoms with Crippen molar-refractivity contribution >= 4 is 11.9 Å². The Kier molecular flexibility index (Phi) is 30.9. The summed E-state index contributed by atoms with van der Waals surface area (Å²) in [6.07, 6.45) is 20.0. The fourth-order valence-corrected chi connectivity index (χ4v) is 6.69. The summed E-state index contributed by atoms with van der Waals surface area (Å²) in [6, 6.07) is 0. The van der Waals surface area contributed by atoms with Crippen molar-refractivity contribution in [2.24, 2.45) is 0 Å². The van der Waals surface area contributed by atoms with E-state index >= 15 is 0 Å². The van der Waals surface area contributed by atoms with Crippen LogP contribution in [0.2, 0.25) is 0 Å². The molecule has 0 radical (unpaired) electrons. The normalized spacial score (nSPS) is 27.6. The molecule has 0 aliphatic carbocycles. The van der Waals surface area contributed by atoms with Crippen LogP contribution >= 0.6 is 0 Å². The number of allylic oxidation sites excluding steroid dienone is 10. The fraction of sp³-hybridized carbons (Fsp3) is 0.745. The van der Waals surface area contributed by atoms with Crippen molar-refractivity contribution < 1.29 is 73.8 Å². The third kappa shape index (κ3) is 23.2. The van der Waals surface area contributed by atoms with Crippen molar-refractivity contribution in [2.75, 3.05) is 26.4 Å². The van der Waals surface area contributed by atoms with E-state index < -0.39 is 99.3 Å². The van der Waals surface area contributed by atoms with E-state index in [0.29, 0.717) is 19.3 Å². The fourth-order valence-electron chi connectivity index (χ4n) is 6.69. The maximum absolute atomic E-state index is 12.9. The van der Waals surface area contributed by atoms with Crippen LogP contribution in [0.1, 0.15) is 129 Å². The van der Waals surface area contributed by atoms with E-state index in [-0.39, 0.29) is 19.4 Å². The lowest BCUT2D eigenvalue weighted by atomic mass is 9.98. The van der Waals surface area contributed by atoms with E-state index in [9.17, 15) is 45.3 Å². The Hall–Kier alpha value is -2.80. The lowest BCUT2D eigenvalue weighted by Gasteiger charge is -2.42. The monoisotopic (exact) mass is 883 g/mol. The first-order chi connectivity index (χ1) is 30.0. The van der Waals surface area contributed by atoms with Crippen molar-refractivity contribution in [1.82, 2.24) is 0 Å². The van der Waals surface area contributed by atoms with Gasteiger partial charge in [-0.25, -0.2) is 0 Å². The highest BCUT2D eigenvalue weighted by molar-refractivity contribution is 5.70. The lowest BCUT2D eigenvalue weighted by molar-refractivity contribution is -0.332. The SMILES string of the molecule is CC/C=C\C/C=C\C/C=C\C/C=C\CCC(=O)OC(COC(=O)CCCCCCC/C=C\CCCCCC)COC1OC(COC2OC(CO)C(O)C(O)C2O)C(O)C(O)C1O. The van der Waals surface area contributed by atoms with E-state index in [0.717, 1.165) is 57.8 Å². The van der Waals surface area contributed by atoms with Gasteiger partial charge in [-0.1, -0.05) is 113 Å². The molecule has 2 aliphatic heterocycles. The van der Waals surface area contributed by atoms with Gasteiger partial charge in [0, 0.05) is 12.8 Å². The zero-order valence-corrected chi connectivity index (χ0v) is 37.1. The van der Waals surface area contributed by atoms with Gasteiger partial charge in [-0.15, -0.1) is 0 Å². The minimum absolute atomic E-state index is 0.0399. The summed E-state index contributed by atoms with van der Waals surface area (Å²) in [6.45, 7) is 2.33. The van der Waals surface area contributed by atoms with Crippen molar-refractivity contribution in [3.63, 3.8) is 0 Å². The molecule has 15 heteroatoms. The molecule has 2 saturated heterocycles. The molecule has 0 bridgehead atoms. The van der Waals surface area contributed by atoms with Crippen LogP contribution in [0.3, 0.4) is 0 Å². The number of aliphatic hydroxyl groups is 7. The van der Waals surface area contributed by atoms with Gasteiger partial charge in [0.05, 0.1) is 19.8 Å². The summed E-state index contributed by atoms with van der Waals surface area (Å²) in [5, 5.41) is 71.8. The molecule has 2 aliphatic rings. The van der Waals surface area contributed by atoms with Gasteiger partial charge in [-0.2, -0.15) is 0 Å². The summed E-state index contributed by atoms with van der Waals surface area (Å²) < 4.78 is 33.3. The number of carbonyl (C=O) groups is 2. The Balaban J connectivity index is 1.89. The average Bonchev–Trinajstić information content (AvgIpc) is 3.26. The molecule has 11 atom stereocenters. The van der Waals surface area contributed by atoms with Crippen LogP contribution in [0.15, 0.2) is 60.8 Å². The smallest absolute Gasteiger partial charge is 0.306 e. The Bertz CT molecular complexity index is 1320. The molecule has 2 heterocycles. The molecule has 11 unspecified atom stereocenters. The molecule has 15 nitrogen and oxygen atoms in total. The summed E-state index contributed by atoms with van der Waals surface area (Å²) in [5.41, 5.74) is 0. The maximum Gasteiger partial charge on any atom is 0.306 e. The number of hydrogen-bond donors (Lipinski definition) is 7. The Morgan fingerprint density at radius 3 is 1.66 bits per heavy atom. The van der Waals surface area contributed by atoms with Gasteiger partial charge in [0.25, 0.3) is 0 Å². The zero-order chi connectivity index (χ0) is 45.4. The van der Waals surface area contributed by atoms with E-state index in [4.69, 9.17) is 28.4 Å². The molecule has 0 saturated carbocycles. The Morgan fingerprint density at radius 2 is 1.05 bits per heavy atom. The minimum Gasteiger partial charge on any atom is -0.462 e. The van der Waals surface area contributed by atoms with E-state index in [2.05, 4.69) is 56.4 Å². The minimum atomic E-state index is -1.78. The van der Waals surface area contributed by atoms with Crippen LogP contribution in [-0.4, -0.2) is 142 Å². The molecule has 0 aromatic carbocycles. The predicted octanol–water partition coefficient (Wildman–Crippen LogP) is 4.92. The van der Waals surface area contributed by atoms with E-state index in [1.54, 1.807) is 0 Å². The molecule has 0 aromatic heterocycles. The van der Waals surface area contributed by atoms with Gasteiger partial charge in [0.15, 0.2) is 18.7 Å². The zero-order valence-electron chi connectivity index (χ0n) is 37.1. The maximum atomic E-state index is 12.9. The van der Waals surface area contributed by atoms with Gasteiger partial charge in [0.1, 0.15) is 55.4 Å². The molecule has 2 rings (SSSR count). The molecular weight excluding hydrogens is 805 g/mol. The van der Waals surface area contributed by atoms with Crippen molar-refractivity contribution in [2.45, 2.75) is 197 Å². The third-order valence-corrected chi connectivity index (χ3v) is 10.5. The second-order valence-corrected chi connectivity index (χ2v) is 15.8. The predicted molar refractivity (Wildman–Crippen MR) is 233 cm³/mol. The van der Waals surface area contributed by atoms with Crippen molar-refractivity contribution in [3.05, 3.63) is 60.8 Å². The standard InChI is InChI=1S/C47H78O15/c1-3-5-7-9-11-13-15-17-19-21-23-25-27-29-38(49)57-32-35(60-39(50)30-28-26-24-22-20-18-16-14-12-10-8-6-4-2)33-58-46-45(56)43(54)41(52)37(62-46)34-59-47-44(55)42(53)40(51)36(31-48)61-47/h6,8,12-15,18,20,24,26,35-37,40-48,51-56H,3-5,7,9-11,16-17,19,21-23,25,27-34H2,1-2H3/b8-6-,14-12-,15-13-,20-18-,26-24-. The summed E-state index contributed by atoms with van der Waals surface area (Å²) >= 11 is 0. The second kappa shape index (κ2) is 34.6. The highest BCUT2D eigenvalue weighted by Gasteiger charge is 2.47. The number of aliphatic hydroxyl groups excluding tert-OH is 7. The third-order valence-electron chi connectivity index (χ3n) is 10.5. The van der Waals surface area contributed by atoms with Crippen LogP contribution in [0.4, 0.5) is 0 Å². The molecule has 0 spiro atoms. The first-order valence-electron chi connectivity index (χ1n) is 22.9. The number of carbonyl (C=O) groups excluding carboxylic acids is 2. The van der Waals surface area contributed by atoms with Crippen LogP contribution in [-0.2, 0) is 38.0 Å². The number of hydrogen-bond acceptors (Lipinski definition) is 15. The van der Waals surface area contributed by atoms with Crippen molar-refractivity contribution in [1.29, 1.82) is 0 Å². The van der Waals surface area contributed by atoms with Gasteiger partial charge in [-0.05, 0) is 64.2 Å². The van der Waals surface area contributed by atoms with Gasteiger partial charge < -0.3 is 64.2 Å². The van der Waals surface area contributed by atoms with Crippen molar-refractivity contribution in [3.8, 4) is 0 Å². The van der Waals surface area contributed by atoms with E-state index in [1.165, 1.54) is 25.7 Å². The first kappa shape index (κ1) is 55.3. The topological polar surface area (TPSA) is 231 Å². The lowest BCUT2D eigenvalue weighted by Crippen LogP contribution is -2.61. The van der Waals surface area contributed by atoms with Gasteiger partial charge >= 0.3 is 11.9 Å². The molecule has 7 N–H and O–H groups in total. The van der Waals surface area contributed by atoms with Crippen LogP contribution < -0.4 is 0 Å². The molecule has 356 valence electrons. The highest BCUT2D eigenvalue weighted by atomic mass is 16.7. The van der Waals surface area contributed by atoms with E-state index in [1.807, 2.05) is 18.2 Å². The Labute approximate surface area is 369 Å². The van der Waals surface area contributed by atoms with Gasteiger partial charge in [0.2, 0.25) is 0 Å². The second-order valence-electron chi connectivity index (χ2n) is 15.8. The number of rotatable bonds is 33. The molecule has 2 fully saturated rings. The number of ether oxygens (including phenoxy) is 6. The summed E-state index contributed by atoms with van der Waals surface area (Å²) in [7, 11) is 0. The quantitative estimate of drug-likeness (QED) is 0.0263. The van der Waals surface area contributed by atoms with Crippen LogP contribution in [0.25, 0.3) is 0 Å². The average molecular weight is 883 g/mol. The number of esters is 2. The first-order valence-corrected chi connectivity index (χ1v) is 22.9. The molecular formula is C47H78O15. The molecule has 0 amide bonds. The van der Waals surface area contributed by atoms with Crippen LogP contribution in [0.5, 0.6) is 0 Å². The van der Waals surface area contributed by atoms with Crippen LogP contribution in [0, 0.1) is 0 Å². The summed E-state index contributed by atoms with van der Waals surface area (Å²) in [5.74, 6) is -1.04. The highest BCUT2D eigenvalue weighted by Crippen LogP contribution is 2.26.